The monoisotopic (exact) mass is 281 g/mol. The van der Waals surface area contributed by atoms with Gasteiger partial charge >= 0.3 is 0 Å². The van der Waals surface area contributed by atoms with Crippen molar-refractivity contribution >= 4 is 17.3 Å². The third-order valence-electron chi connectivity index (χ3n) is 3.79. The van der Waals surface area contributed by atoms with E-state index in [1.54, 1.807) is 0 Å². The highest BCUT2D eigenvalue weighted by molar-refractivity contribution is 5.77. The lowest BCUT2D eigenvalue weighted by molar-refractivity contribution is -0.117. The number of benzene rings is 1. The minimum absolute atomic E-state index is 0.282. The highest BCUT2D eigenvalue weighted by atomic mass is 16.1. The molecule has 3 rings (SSSR count). The normalized spacial score (nSPS) is 13.0. The lowest BCUT2D eigenvalue weighted by Gasteiger charge is -2.12. The smallest absolute Gasteiger partial charge is 0.221 e. The van der Waals surface area contributed by atoms with Gasteiger partial charge in [0.25, 0.3) is 0 Å². The molecule has 108 valence electrons. The Bertz CT molecular complexity index is 677. The highest BCUT2D eigenvalue weighted by Gasteiger charge is 2.17. The van der Waals surface area contributed by atoms with Crippen LogP contribution in [0.4, 0.5) is 11.4 Å². The maximum Gasteiger partial charge on any atom is 0.221 e. The Kier molecular flexibility index (Phi) is 3.60. The summed E-state index contributed by atoms with van der Waals surface area (Å²) in [5.74, 6) is -0.307. The van der Waals surface area contributed by atoms with E-state index < -0.39 is 0 Å². The van der Waals surface area contributed by atoms with Crippen molar-refractivity contribution in [2.45, 2.75) is 32.6 Å². The molecule has 0 radical (unpaired) electrons. The molecule has 2 aromatic rings. The molecular weight excluding hydrogens is 262 g/mol. The SMILES string of the molecule is Cc1cc(Nc2ccc(CC(N)=O)cc2)c2c(n1)CCC2. The van der Waals surface area contributed by atoms with Crippen LogP contribution < -0.4 is 11.1 Å². The van der Waals surface area contributed by atoms with Gasteiger partial charge in [-0.15, -0.1) is 0 Å². The van der Waals surface area contributed by atoms with Crippen LogP contribution in [0.2, 0.25) is 0 Å². The molecule has 21 heavy (non-hydrogen) atoms. The molecule has 1 aliphatic rings. The molecule has 0 saturated carbocycles. The van der Waals surface area contributed by atoms with Crippen LogP contribution in [-0.4, -0.2) is 10.9 Å². The number of anilines is 2. The predicted molar refractivity (Wildman–Crippen MR) is 83.6 cm³/mol. The minimum Gasteiger partial charge on any atom is -0.369 e. The number of aromatic nitrogens is 1. The molecule has 0 aliphatic heterocycles. The summed E-state index contributed by atoms with van der Waals surface area (Å²) >= 11 is 0. The van der Waals surface area contributed by atoms with Crippen LogP contribution >= 0.6 is 0 Å². The van der Waals surface area contributed by atoms with Crippen LogP contribution in [0.1, 0.15) is 28.9 Å². The van der Waals surface area contributed by atoms with Crippen molar-refractivity contribution in [1.82, 2.24) is 4.98 Å². The second-order valence-electron chi connectivity index (χ2n) is 5.56. The predicted octanol–water partition coefficient (Wildman–Crippen LogP) is 2.65. The quantitative estimate of drug-likeness (QED) is 0.905. The van der Waals surface area contributed by atoms with Crippen LogP contribution in [0.3, 0.4) is 0 Å². The molecule has 1 heterocycles. The van der Waals surface area contributed by atoms with E-state index in [2.05, 4.69) is 16.4 Å². The van der Waals surface area contributed by atoms with Gasteiger partial charge in [-0.1, -0.05) is 12.1 Å². The van der Waals surface area contributed by atoms with E-state index in [1.165, 1.54) is 17.7 Å². The van der Waals surface area contributed by atoms with E-state index in [0.717, 1.165) is 35.5 Å². The van der Waals surface area contributed by atoms with Crippen molar-refractivity contribution in [3.63, 3.8) is 0 Å². The fraction of sp³-hybridized carbons (Fsp3) is 0.294. The fourth-order valence-electron chi connectivity index (χ4n) is 2.86. The maximum atomic E-state index is 10.9. The summed E-state index contributed by atoms with van der Waals surface area (Å²) in [6.07, 6.45) is 3.62. The van der Waals surface area contributed by atoms with Gasteiger partial charge in [0.05, 0.1) is 6.42 Å². The van der Waals surface area contributed by atoms with Gasteiger partial charge in [0.1, 0.15) is 0 Å². The van der Waals surface area contributed by atoms with E-state index in [4.69, 9.17) is 5.73 Å². The van der Waals surface area contributed by atoms with Gasteiger partial charge in [-0.05, 0) is 55.5 Å². The van der Waals surface area contributed by atoms with E-state index in [-0.39, 0.29) is 12.3 Å². The van der Waals surface area contributed by atoms with Crippen LogP contribution in [0.25, 0.3) is 0 Å². The standard InChI is InChI=1S/C17H19N3O/c1-11-9-16(14-3-2-4-15(14)19-11)20-13-7-5-12(6-8-13)10-17(18)21/h5-9H,2-4,10H2,1H3,(H2,18,21)(H,19,20). The Morgan fingerprint density at radius 3 is 2.76 bits per heavy atom. The molecule has 0 bridgehead atoms. The third kappa shape index (κ3) is 3.05. The summed E-state index contributed by atoms with van der Waals surface area (Å²) in [4.78, 5) is 15.5. The number of hydrogen-bond donors (Lipinski definition) is 2. The van der Waals surface area contributed by atoms with Gasteiger partial charge < -0.3 is 11.1 Å². The summed E-state index contributed by atoms with van der Waals surface area (Å²) in [6.45, 7) is 2.03. The van der Waals surface area contributed by atoms with Gasteiger partial charge in [-0.3, -0.25) is 9.78 Å². The number of fused-ring (bicyclic) bond motifs is 1. The zero-order valence-corrected chi connectivity index (χ0v) is 12.1. The summed E-state index contributed by atoms with van der Waals surface area (Å²) in [6, 6.07) is 9.93. The van der Waals surface area contributed by atoms with Gasteiger partial charge in [0, 0.05) is 22.8 Å². The first-order chi connectivity index (χ1) is 10.1. The molecule has 4 nitrogen and oxygen atoms in total. The largest absolute Gasteiger partial charge is 0.369 e. The average Bonchev–Trinajstić information content (AvgIpc) is 2.88. The van der Waals surface area contributed by atoms with E-state index in [1.807, 2.05) is 31.2 Å². The number of carbonyl (C=O) groups is 1. The van der Waals surface area contributed by atoms with Gasteiger partial charge in [0.15, 0.2) is 0 Å². The summed E-state index contributed by atoms with van der Waals surface area (Å²) in [5, 5.41) is 3.47. The fourth-order valence-corrected chi connectivity index (χ4v) is 2.86. The van der Waals surface area contributed by atoms with E-state index in [9.17, 15) is 4.79 Å². The zero-order valence-electron chi connectivity index (χ0n) is 12.1. The molecule has 1 aromatic carbocycles. The molecule has 1 amide bonds. The molecular formula is C17H19N3O. The number of aryl methyl sites for hydroxylation is 2. The number of nitrogens with one attached hydrogen (secondary N) is 1. The first-order valence-corrected chi connectivity index (χ1v) is 7.25. The van der Waals surface area contributed by atoms with Crippen molar-refractivity contribution in [1.29, 1.82) is 0 Å². The molecule has 1 aliphatic carbocycles. The average molecular weight is 281 g/mol. The Balaban J connectivity index is 1.82. The topological polar surface area (TPSA) is 68.0 Å². The molecule has 0 saturated heterocycles. The number of nitrogens with two attached hydrogens (primary N) is 1. The number of rotatable bonds is 4. The molecule has 1 aromatic heterocycles. The van der Waals surface area contributed by atoms with Crippen molar-refractivity contribution in [2.24, 2.45) is 5.73 Å². The third-order valence-corrected chi connectivity index (χ3v) is 3.79. The molecule has 0 fully saturated rings. The lowest BCUT2D eigenvalue weighted by Crippen LogP contribution is -2.13. The molecule has 3 N–H and O–H groups in total. The van der Waals surface area contributed by atoms with Gasteiger partial charge in [-0.2, -0.15) is 0 Å². The Labute approximate surface area is 124 Å². The highest BCUT2D eigenvalue weighted by Crippen LogP contribution is 2.30. The number of primary amides is 1. The number of amides is 1. The zero-order chi connectivity index (χ0) is 14.8. The number of nitrogens with zero attached hydrogens (tertiary/aromatic N) is 1. The second kappa shape index (κ2) is 5.56. The summed E-state index contributed by atoms with van der Waals surface area (Å²) in [5.41, 5.74) is 11.9. The molecule has 0 spiro atoms. The Hall–Kier alpha value is -2.36. The lowest BCUT2D eigenvalue weighted by atomic mass is 10.1. The minimum atomic E-state index is -0.307. The van der Waals surface area contributed by atoms with Gasteiger partial charge in [-0.25, -0.2) is 0 Å². The summed E-state index contributed by atoms with van der Waals surface area (Å²) < 4.78 is 0. The van der Waals surface area contributed by atoms with Crippen LogP contribution in [0.5, 0.6) is 0 Å². The van der Waals surface area contributed by atoms with Crippen LogP contribution in [-0.2, 0) is 24.1 Å². The van der Waals surface area contributed by atoms with Crippen LogP contribution in [0, 0.1) is 6.92 Å². The molecule has 0 atom stereocenters. The number of pyridine rings is 1. The first kappa shape index (κ1) is 13.6. The first-order valence-electron chi connectivity index (χ1n) is 7.25. The Morgan fingerprint density at radius 2 is 2.05 bits per heavy atom. The van der Waals surface area contributed by atoms with E-state index in [0.29, 0.717) is 0 Å². The van der Waals surface area contributed by atoms with Gasteiger partial charge in [0.2, 0.25) is 5.91 Å². The van der Waals surface area contributed by atoms with Crippen molar-refractivity contribution in [2.75, 3.05) is 5.32 Å². The van der Waals surface area contributed by atoms with Crippen molar-refractivity contribution in [3.05, 3.63) is 52.8 Å². The van der Waals surface area contributed by atoms with Crippen molar-refractivity contribution < 1.29 is 4.79 Å². The Morgan fingerprint density at radius 1 is 1.29 bits per heavy atom. The van der Waals surface area contributed by atoms with Crippen molar-refractivity contribution in [3.8, 4) is 0 Å². The molecule has 4 heteroatoms. The van der Waals surface area contributed by atoms with E-state index >= 15 is 0 Å². The maximum absolute atomic E-state index is 10.9. The number of carbonyl (C=O) groups excluding carboxylic acids is 1. The van der Waals surface area contributed by atoms with Crippen LogP contribution in [0.15, 0.2) is 30.3 Å². The number of hydrogen-bond acceptors (Lipinski definition) is 3. The second-order valence-corrected chi connectivity index (χ2v) is 5.56. The summed E-state index contributed by atoms with van der Waals surface area (Å²) in [7, 11) is 0. The molecule has 0 unspecified atom stereocenters.